The maximum absolute atomic E-state index is 12.2. The molecule has 0 unspecified atom stereocenters. The number of amides is 1. The Morgan fingerprint density at radius 2 is 1.87 bits per heavy atom. The Bertz CT molecular complexity index is 766. The van der Waals surface area contributed by atoms with Crippen LogP contribution >= 0.6 is 0 Å². The summed E-state index contributed by atoms with van der Waals surface area (Å²) in [6, 6.07) is 5.88. The number of esters is 1. The molecule has 1 aromatic carbocycles. The second-order valence-corrected chi connectivity index (χ2v) is 4.65. The fraction of sp³-hybridized carbons (Fsp3) is 0.200. The molecule has 0 atom stereocenters. The number of hydrogen-bond donors (Lipinski definition) is 2. The predicted molar refractivity (Wildman–Crippen MR) is 79.1 cm³/mol. The third-order valence-electron chi connectivity index (χ3n) is 3.29. The Morgan fingerprint density at radius 3 is 2.48 bits per heavy atom. The maximum Gasteiger partial charge on any atom is 0.341 e. The lowest BCUT2D eigenvalue weighted by Gasteiger charge is -2.09. The fourth-order valence-electron chi connectivity index (χ4n) is 2.08. The van der Waals surface area contributed by atoms with Crippen LogP contribution in [0.2, 0.25) is 0 Å². The first kappa shape index (κ1) is 16.2. The van der Waals surface area contributed by atoms with E-state index in [-0.39, 0.29) is 23.2 Å². The van der Waals surface area contributed by atoms with Gasteiger partial charge in [-0.2, -0.15) is 5.10 Å². The predicted octanol–water partition coefficient (Wildman–Crippen LogP) is 0.835. The van der Waals surface area contributed by atoms with Crippen molar-refractivity contribution in [2.24, 2.45) is 7.05 Å². The largest absolute Gasteiger partial charge is 0.478 e. The van der Waals surface area contributed by atoms with Gasteiger partial charge in [0.2, 0.25) is 0 Å². The van der Waals surface area contributed by atoms with Gasteiger partial charge in [0, 0.05) is 7.05 Å². The van der Waals surface area contributed by atoms with E-state index in [4.69, 9.17) is 5.11 Å². The van der Waals surface area contributed by atoms with E-state index in [9.17, 15) is 14.4 Å². The lowest BCUT2D eigenvalue weighted by Crippen LogP contribution is -2.27. The highest BCUT2D eigenvalue weighted by Gasteiger charge is 2.19. The molecular formula is C15H15N3O5. The number of aromatic carboxylic acids is 1. The second kappa shape index (κ2) is 6.73. The summed E-state index contributed by atoms with van der Waals surface area (Å²) in [5.74, 6) is -2.31. The van der Waals surface area contributed by atoms with E-state index in [0.29, 0.717) is 5.69 Å². The molecule has 23 heavy (non-hydrogen) atoms. The lowest BCUT2D eigenvalue weighted by molar-refractivity contribution is 0.0597. The molecule has 2 aromatic rings. The standard InChI is InChI=1S/C15H15N3O5/c1-18-12(11(7-17-18)15(22)23-2)8-16-13(19)9-5-3-4-6-10(9)14(20)21/h3-7H,8H2,1-2H3,(H,16,19)(H,20,21). The SMILES string of the molecule is COC(=O)c1cnn(C)c1CNC(=O)c1ccccc1C(=O)O. The number of rotatable bonds is 5. The zero-order valence-electron chi connectivity index (χ0n) is 12.6. The number of nitrogens with one attached hydrogen (secondary N) is 1. The molecule has 0 fully saturated rings. The van der Waals surface area contributed by atoms with Crippen molar-refractivity contribution in [2.45, 2.75) is 6.54 Å². The third-order valence-corrected chi connectivity index (χ3v) is 3.29. The minimum atomic E-state index is -1.19. The van der Waals surface area contributed by atoms with E-state index in [1.807, 2.05) is 0 Å². The Hall–Kier alpha value is -3.16. The van der Waals surface area contributed by atoms with Crippen molar-refractivity contribution < 1.29 is 24.2 Å². The zero-order chi connectivity index (χ0) is 17.0. The number of hydrogen-bond acceptors (Lipinski definition) is 5. The topological polar surface area (TPSA) is 111 Å². The van der Waals surface area contributed by atoms with Gasteiger partial charge in [-0.1, -0.05) is 12.1 Å². The molecule has 0 aliphatic rings. The van der Waals surface area contributed by atoms with Gasteiger partial charge in [0.1, 0.15) is 5.56 Å². The summed E-state index contributed by atoms with van der Waals surface area (Å²) in [5.41, 5.74) is 0.643. The molecule has 0 radical (unpaired) electrons. The smallest absolute Gasteiger partial charge is 0.341 e. The fourth-order valence-corrected chi connectivity index (χ4v) is 2.08. The van der Waals surface area contributed by atoms with Gasteiger partial charge < -0.3 is 15.2 Å². The van der Waals surface area contributed by atoms with Gasteiger partial charge in [0.05, 0.1) is 36.7 Å². The van der Waals surface area contributed by atoms with Crippen LogP contribution in [-0.2, 0) is 18.3 Å². The number of nitrogens with zero attached hydrogens (tertiary/aromatic N) is 2. The second-order valence-electron chi connectivity index (χ2n) is 4.65. The molecule has 0 saturated carbocycles. The van der Waals surface area contributed by atoms with Crippen molar-refractivity contribution in [3.63, 3.8) is 0 Å². The van der Waals surface area contributed by atoms with E-state index in [1.54, 1.807) is 13.1 Å². The summed E-state index contributed by atoms with van der Waals surface area (Å²) in [4.78, 5) is 35.0. The van der Waals surface area contributed by atoms with Crippen LogP contribution in [0.1, 0.15) is 36.8 Å². The number of carbonyl (C=O) groups is 3. The third kappa shape index (κ3) is 3.37. The molecule has 0 bridgehead atoms. The Balaban J connectivity index is 2.19. The van der Waals surface area contributed by atoms with Gasteiger partial charge >= 0.3 is 11.9 Å². The van der Waals surface area contributed by atoms with E-state index in [2.05, 4.69) is 15.2 Å². The molecule has 0 aliphatic heterocycles. The van der Waals surface area contributed by atoms with Gasteiger partial charge in [0.25, 0.3) is 5.91 Å². The number of methoxy groups -OCH3 is 1. The molecule has 120 valence electrons. The number of carboxylic acids is 1. The highest BCUT2D eigenvalue weighted by Crippen LogP contribution is 2.11. The molecule has 1 amide bonds. The maximum atomic E-state index is 12.2. The van der Waals surface area contributed by atoms with Crippen molar-refractivity contribution in [2.75, 3.05) is 7.11 Å². The molecule has 0 aliphatic carbocycles. The van der Waals surface area contributed by atoms with Gasteiger partial charge in [-0.3, -0.25) is 9.48 Å². The average Bonchev–Trinajstić information content (AvgIpc) is 2.92. The lowest BCUT2D eigenvalue weighted by atomic mass is 10.1. The van der Waals surface area contributed by atoms with Crippen LogP contribution in [0.4, 0.5) is 0 Å². The summed E-state index contributed by atoms with van der Waals surface area (Å²) < 4.78 is 6.09. The summed E-state index contributed by atoms with van der Waals surface area (Å²) >= 11 is 0. The number of carboxylic acid groups (broad SMARTS) is 1. The van der Waals surface area contributed by atoms with Gasteiger partial charge in [-0.15, -0.1) is 0 Å². The molecule has 2 N–H and O–H groups in total. The molecular weight excluding hydrogens is 302 g/mol. The minimum Gasteiger partial charge on any atom is -0.478 e. The van der Waals surface area contributed by atoms with Gasteiger partial charge in [-0.25, -0.2) is 9.59 Å². The molecule has 8 heteroatoms. The summed E-state index contributed by atoms with van der Waals surface area (Å²) in [6.07, 6.45) is 1.35. The Kier molecular flexibility index (Phi) is 4.75. The molecule has 1 heterocycles. The number of aromatic nitrogens is 2. The molecule has 8 nitrogen and oxygen atoms in total. The molecule has 0 spiro atoms. The molecule has 2 rings (SSSR count). The van der Waals surface area contributed by atoms with Crippen molar-refractivity contribution >= 4 is 17.8 Å². The minimum absolute atomic E-state index is 0.00766. The number of ether oxygens (including phenoxy) is 1. The Morgan fingerprint density at radius 1 is 1.22 bits per heavy atom. The molecule has 1 aromatic heterocycles. The number of carbonyl (C=O) groups excluding carboxylic acids is 2. The van der Waals surface area contributed by atoms with Crippen molar-refractivity contribution in [3.8, 4) is 0 Å². The van der Waals surface area contributed by atoms with Crippen LogP contribution in [0.5, 0.6) is 0 Å². The number of aryl methyl sites for hydroxylation is 1. The average molecular weight is 317 g/mol. The first-order valence-corrected chi connectivity index (χ1v) is 6.65. The zero-order valence-corrected chi connectivity index (χ0v) is 12.6. The van der Waals surface area contributed by atoms with Crippen molar-refractivity contribution in [3.05, 3.63) is 52.8 Å². The van der Waals surface area contributed by atoms with Gasteiger partial charge in [0.15, 0.2) is 0 Å². The van der Waals surface area contributed by atoms with Crippen LogP contribution in [-0.4, -0.2) is 39.8 Å². The van der Waals surface area contributed by atoms with E-state index in [0.717, 1.165) is 0 Å². The van der Waals surface area contributed by atoms with Crippen molar-refractivity contribution in [1.29, 1.82) is 0 Å². The van der Waals surface area contributed by atoms with Crippen LogP contribution in [0, 0.1) is 0 Å². The summed E-state index contributed by atoms with van der Waals surface area (Å²) in [6.45, 7) is 0.00766. The first-order valence-electron chi connectivity index (χ1n) is 6.65. The van der Waals surface area contributed by atoms with Crippen LogP contribution in [0.3, 0.4) is 0 Å². The van der Waals surface area contributed by atoms with E-state index >= 15 is 0 Å². The normalized spacial score (nSPS) is 10.2. The van der Waals surface area contributed by atoms with Crippen molar-refractivity contribution in [1.82, 2.24) is 15.1 Å². The highest BCUT2D eigenvalue weighted by atomic mass is 16.5. The van der Waals surface area contributed by atoms with Crippen LogP contribution in [0.15, 0.2) is 30.5 Å². The molecule has 0 saturated heterocycles. The first-order chi connectivity index (χ1) is 11.0. The van der Waals surface area contributed by atoms with Crippen LogP contribution < -0.4 is 5.32 Å². The summed E-state index contributed by atoms with van der Waals surface area (Å²) in [5, 5.41) is 15.6. The highest BCUT2D eigenvalue weighted by molar-refractivity contribution is 6.04. The van der Waals surface area contributed by atoms with Gasteiger partial charge in [-0.05, 0) is 12.1 Å². The number of benzene rings is 1. The van der Waals surface area contributed by atoms with Crippen LogP contribution in [0.25, 0.3) is 0 Å². The van der Waals surface area contributed by atoms with E-state index < -0.39 is 17.8 Å². The Labute approximate surface area is 131 Å². The summed E-state index contributed by atoms with van der Waals surface area (Å²) in [7, 11) is 2.87. The van der Waals surface area contributed by atoms with E-state index in [1.165, 1.54) is 36.2 Å². The quantitative estimate of drug-likeness (QED) is 0.790. The monoisotopic (exact) mass is 317 g/mol.